The van der Waals surface area contributed by atoms with Crippen molar-refractivity contribution >= 4 is 30.7 Å². The number of carbonyl (C=O) groups is 1. The molecule has 2 atom stereocenters. The van der Waals surface area contributed by atoms with E-state index < -0.39 is 0 Å². The fourth-order valence-electron chi connectivity index (χ4n) is 3.12. The molecule has 132 valence electrons. The predicted octanol–water partition coefficient (Wildman–Crippen LogP) is 2.72. The largest absolute Gasteiger partial charge is 0.341 e. The van der Waals surface area contributed by atoms with Gasteiger partial charge < -0.3 is 10.6 Å². The Morgan fingerprint density at radius 3 is 2.13 bits per heavy atom. The zero-order valence-electron chi connectivity index (χ0n) is 14.1. The van der Waals surface area contributed by atoms with E-state index in [1.54, 1.807) is 0 Å². The summed E-state index contributed by atoms with van der Waals surface area (Å²) in [6.45, 7) is 3.71. The summed E-state index contributed by atoms with van der Waals surface area (Å²) in [6, 6.07) is 10.0. The third kappa shape index (κ3) is 5.64. The highest BCUT2D eigenvalue weighted by Gasteiger charge is 2.31. The van der Waals surface area contributed by atoms with Crippen LogP contribution in [0.25, 0.3) is 0 Å². The lowest BCUT2D eigenvalue weighted by molar-refractivity contribution is -0.137. The molecule has 1 aliphatic rings. The van der Waals surface area contributed by atoms with Gasteiger partial charge in [-0.3, -0.25) is 9.69 Å². The molecule has 1 aliphatic heterocycles. The van der Waals surface area contributed by atoms with E-state index in [1.165, 1.54) is 0 Å². The van der Waals surface area contributed by atoms with Crippen LogP contribution in [0, 0.1) is 5.92 Å². The van der Waals surface area contributed by atoms with Gasteiger partial charge in [-0.05, 0) is 45.3 Å². The zero-order chi connectivity index (χ0) is 15.4. The van der Waals surface area contributed by atoms with Crippen molar-refractivity contribution in [2.24, 2.45) is 11.7 Å². The standard InChI is InChI=1S/C17H27N3O.2ClH/c1-13(18)14-9-11-20(12-10-14)17(21)16(19(2)3)15-7-5-4-6-8-15;;/h4-8,13-14,16H,9-12,18H2,1-3H3;2*1H. The summed E-state index contributed by atoms with van der Waals surface area (Å²) < 4.78 is 0. The van der Waals surface area contributed by atoms with Crippen molar-refractivity contribution in [2.75, 3.05) is 27.2 Å². The van der Waals surface area contributed by atoms with Crippen LogP contribution in [0.4, 0.5) is 0 Å². The molecule has 23 heavy (non-hydrogen) atoms. The van der Waals surface area contributed by atoms with Gasteiger partial charge in [-0.2, -0.15) is 0 Å². The maximum Gasteiger partial charge on any atom is 0.244 e. The number of halogens is 2. The third-order valence-electron chi connectivity index (χ3n) is 4.46. The summed E-state index contributed by atoms with van der Waals surface area (Å²) in [5.41, 5.74) is 7.03. The van der Waals surface area contributed by atoms with Crippen LogP contribution in [0.5, 0.6) is 0 Å². The van der Waals surface area contributed by atoms with E-state index in [4.69, 9.17) is 5.73 Å². The Balaban J connectivity index is 0.00000242. The lowest BCUT2D eigenvalue weighted by Gasteiger charge is -2.37. The Morgan fingerprint density at radius 2 is 1.70 bits per heavy atom. The highest BCUT2D eigenvalue weighted by Crippen LogP contribution is 2.25. The molecule has 1 heterocycles. The number of piperidine rings is 1. The molecule has 0 bridgehead atoms. The van der Waals surface area contributed by atoms with Crippen molar-refractivity contribution in [3.05, 3.63) is 35.9 Å². The topological polar surface area (TPSA) is 49.6 Å². The van der Waals surface area contributed by atoms with Crippen molar-refractivity contribution in [1.29, 1.82) is 0 Å². The van der Waals surface area contributed by atoms with Gasteiger partial charge in [-0.1, -0.05) is 30.3 Å². The molecule has 2 N–H and O–H groups in total. The Bertz CT molecular complexity index is 460. The summed E-state index contributed by atoms with van der Waals surface area (Å²) in [6.07, 6.45) is 2.02. The highest BCUT2D eigenvalue weighted by molar-refractivity contribution is 5.85. The third-order valence-corrected chi connectivity index (χ3v) is 4.46. The van der Waals surface area contributed by atoms with Crippen LogP contribution in [0.3, 0.4) is 0 Å². The summed E-state index contributed by atoms with van der Waals surface area (Å²) in [4.78, 5) is 16.9. The first-order valence-electron chi connectivity index (χ1n) is 7.76. The molecular weight excluding hydrogens is 333 g/mol. The van der Waals surface area contributed by atoms with Gasteiger partial charge >= 0.3 is 0 Å². The molecule has 2 rings (SSSR count). The average Bonchev–Trinajstić information content (AvgIpc) is 2.48. The Kier molecular flexibility index (Phi) is 9.78. The minimum absolute atomic E-state index is 0. The Morgan fingerprint density at radius 1 is 1.17 bits per heavy atom. The molecule has 2 unspecified atom stereocenters. The molecule has 1 amide bonds. The number of likely N-dealkylation sites (N-methyl/N-ethyl adjacent to an activating group) is 1. The van der Waals surface area contributed by atoms with Crippen LogP contribution < -0.4 is 5.73 Å². The van der Waals surface area contributed by atoms with Crippen LogP contribution in [0.15, 0.2) is 30.3 Å². The lowest BCUT2D eigenvalue weighted by atomic mass is 9.90. The Hall–Kier alpha value is -0.810. The van der Waals surface area contributed by atoms with Gasteiger partial charge in [-0.25, -0.2) is 0 Å². The van der Waals surface area contributed by atoms with Crippen LogP contribution in [0.1, 0.15) is 31.4 Å². The molecule has 0 radical (unpaired) electrons. The highest BCUT2D eigenvalue weighted by atomic mass is 35.5. The maximum atomic E-state index is 12.9. The number of carbonyl (C=O) groups excluding carboxylic acids is 1. The minimum Gasteiger partial charge on any atom is -0.341 e. The molecule has 1 saturated heterocycles. The number of hydrogen-bond acceptors (Lipinski definition) is 3. The number of rotatable bonds is 4. The van der Waals surface area contributed by atoms with Crippen molar-refractivity contribution in [2.45, 2.75) is 31.8 Å². The lowest BCUT2D eigenvalue weighted by Crippen LogP contribution is -2.46. The summed E-state index contributed by atoms with van der Waals surface area (Å²) >= 11 is 0. The summed E-state index contributed by atoms with van der Waals surface area (Å²) in [5.74, 6) is 0.748. The summed E-state index contributed by atoms with van der Waals surface area (Å²) in [7, 11) is 3.93. The van der Waals surface area contributed by atoms with E-state index in [-0.39, 0.29) is 42.8 Å². The van der Waals surface area contributed by atoms with Crippen molar-refractivity contribution in [1.82, 2.24) is 9.80 Å². The normalized spacial score (nSPS) is 17.9. The molecule has 0 aliphatic carbocycles. The van der Waals surface area contributed by atoms with E-state index in [1.807, 2.05) is 54.2 Å². The average molecular weight is 362 g/mol. The number of benzene rings is 1. The molecule has 6 heteroatoms. The van der Waals surface area contributed by atoms with Crippen LogP contribution in [-0.2, 0) is 4.79 Å². The molecule has 0 aromatic heterocycles. The number of hydrogen-bond donors (Lipinski definition) is 1. The first kappa shape index (κ1) is 22.2. The van der Waals surface area contributed by atoms with Crippen molar-refractivity contribution in [3.8, 4) is 0 Å². The van der Waals surface area contributed by atoms with Gasteiger partial charge in [0.05, 0.1) is 0 Å². The van der Waals surface area contributed by atoms with Crippen LogP contribution in [0.2, 0.25) is 0 Å². The molecule has 0 saturated carbocycles. The van der Waals surface area contributed by atoms with Crippen LogP contribution in [-0.4, -0.2) is 48.9 Å². The van der Waals surface area contributed by atoms with Gasteiger partial charge in [0.25, 0.3) is 0 Å². The second kappa shape index (κ2) is 10.1. The van der Waals surface area contributed by atoms with E-state index >= 15 is 0 Å². The molecule has 0 spiro atoms. The quantitative estimate of drug-likeness (QED) is 0.896. The maximum absolute atomic E-state index is 12.9. The van der Waals surface area contributed by atoms with Gasteiger partial charge in [0, 0.05) is 19.1 Å². The minimum atomic E-state index is -0.196. The molecule has 1 aromatic carbocycles. The van der Waals surface area contributed by atoms with Crippen molar-refractivity contribution in [3.63, 3.8) is 0 Å². The van der Waals surface area contributed by atoms with Crippen molar-refractivity contribution < 1.29 is 4.79 Å². The van der Waals surface area contributed by atoms with Gasteiger partial charge in [0.15, 0.2) is 0 Å². The predicted molar refractivity (Wildman–Crippen MR) is 100 cm³/mol. The van der Waals surface area contributed by atoms with E-state index in [0.29, 0.717) is 5.92 Å². The first-order chi connectivity index (χ1) is 10.0. The van der Waals surface area contributed by atoms with Gasteiger partial charge in [-0.15, -0.1) is 24.8 Å². The van der Waals surface area contributed by atoms with E-state index in [2.05, 4.69) is 6.92 Å². The second-order valence-electron chi connectivity index (χ2n) is 6.30. The fourth-order valence-corrected chi connectivity index (χ4v) is 3.12. The fraction of sp³-hybridized carbons (Fsp3) is 0.588. The first-order valence-corrected chi connectivity index (χ1v) is 7.76. The molecular formula is C17H29Cl2N3O. The smallest absolute Gasteiger partial charge is 0.244 e. The van der Waals surface area contributed by atoms with Gasteiger partial charge in [0.1, 0.15) is 6.04 Å². The molecule has 4 nitrogen and oxygen atoms in total. The number of amides is 1. The number of likely N-dealkylation sites (tertiary alicyclic amines) is 1. The Labute approximate surface area is 152 Å². The van der Waals surface area contributed by atoms with E-state index in [0.717, 1.165) is 31.5 Å². The van der Waals surface area contributed by atoms with Gasteiger partial charge in [0.2, 0.25) is 5.91 Å². The van der Waals surface area contributed by atoms with E-state index in [9.17, 15) is 4.79 Å². The second-order valence-corrected chi connectivity index (χ2v) is 6.30. The zero-order valence-corrected chi connectivity index (χ0v) is 15.8. The summed E-state index contributed by atoms with van der Waals surface area (Å²) in [5, 5.41) is 0. The molecule has 1 aromatic rings. The molecule has 1 fully saturated rings. The number of nitrogens with two attached hydrogens (primary N) is 1. The number of nitrogens with zero attached hydrogens (tertiary/aromatic N) is 2. The van der Waals surface area contributed by atoms with Crippen LogP contribution >= 0.6 is 24.8 Å². The monoisotopic (exact) mass is 361 g/mol. The SMILES string of the molecule is CC(N)C1CCN(C(=O)C(c2ccccc2)N(C)C)CC1.Cl.Cl.